The van der Waals surface area contributed by atoms with Gasteiger partial charge in [0.05, 0.1) is 24.3 Å². The summed E-state index contributed by atoms with van der Waals surface area (Å²) in [4.78, 5) is 28.3. The summed E-state index contributed by atoms with van der Waals surface area (Å²) in [6, 6.07) is 21.8. The maximum atomic E-state index is 13.5. The Hall–Kier alpha value is -4.10. The van der Waals surface area contributed by atoms with Gasteiger partial charge < -0.3 is 24.2 Å². The average Bonchev–Trinajstić information content (AvgIpc) is 3.21. The van der Waals surface area contributed by atoms with E-state index >= 15 is 0 Å². The molecular formula is C33H37NO6. The second kappa shape index (κ2) is 12.4. The van der Waals surface area contributed by atoms with Crippen molar-refractivity contribution >= 4 is 17.4 Å². The molecule has 0 radical (unpaired) electrons. The Balaban J connectivity index is 1.81. The molecule has 1 atom stereocenters. The van der Waals surface area contributed by atoms with Crippen LogP contribution in [0.5, 0.6) is 11.5 Å². The van der Waals surface area contributed by atoms with Gasteiger partial charge in [0, 0.05) is 20.3 Å². The van der Waals surface area contributed by atoms with Gasteiger partial charge in [0.2, 0.25) is 0 Å². The first kappa shape index (κ1) is 28.9. The number of rotatable bonds is 10. The summed E-state index contributed by atoms with van der Waals surface area (Å²) in [7, 11) is 3.10. The van der Waals surface area contributed by atoms with Crippen molar-refractivity contribution in [3.8, 4) is 11.5 Å². The lowest BCUT2D eigenvalue weighted by Gasteiger charge is -2.26. The molecule has 7 nitrogen and oxygen atoms in total. The van der Waals surface area contributed by atoms with Crippen molar-refractivity contribution in [3.63, 3.8) is 0 Å². The number of aliphatic hydroxyl groups excluding tert-OH is 1. The maximum absolute atomic E-state index is 13.5. The molecule has 0 bridgehead atoms. The molecule has 0 saturated carbocycles. The number of hydrogen-bond donors (Lipinski definition) is 1. The normalized spacial score (nSPS) is 16.8. The van der Waals surface area contributed by atoms with Gasteiger partial charge in [0.1, 0.15) is 23.9 Å². The highest BCUT2D eigenvalue weighted by atomic mass is 16.5. The van der Waals surface area contributed by atoms with Crippen LogP contribution in [0, 0.1) is 0 Å². The number of benzene rings is 3. The molecule has 1 fully saturated rings. The summed E-state index contributed by atoms with van der Waals surface area (Å²) >= 11 is 0. The van der Waals surface area contributed by atoms with Gasteiger partial charge in [-0.15, -0.1) is 0 Å². The SMILES string of the molecule is COCCCN1C(=O)C(=O)/C(=C(/O)c2cc(C(C)(C)C)ccc2OC)C1c1cccc(OCc2ccccc2)c1. The van der Waals surface area contributed by atoms with E-state index in [9.17, 15) is 14.7 Å². The van der Waals surface area contributed by atoms with Crippen molar-refractivity contribution < 1.29 is 28.9 Å². The van der Waals surface area contributed by atoms with Crippen molar-refractivity contribution in [2.45, 2.75) is 45.3 Å². The van der Waals surface area contributed by atoms with Crippen LogP contribution < -0.4 is 9.47 Å². The van der Waals surface area contributed by atoms with Gasteiger partial charge in [-0.3, -0.25) is 9.59 Å². The van der Waals surface area contributed by atoms with Gasteiger partial charge in [-0.05, 0) is 52.8 Å². The fourth-order valence-corrected chi connectivity index (χ4v) is 4.86. The Kier molecular flexibility index (Phi) is 8.95. The number of likely N-dealkylation sites (tertiary alicyclic amines) is 1. The molecule has 1 aliphatic heterocycles. The number of ketones is 1. The minimum atomic E-state index is -0.805. The average molecular weight is 544 g/mol. The van der Waals surface area contributed by atoms with E-state index in [1.807, 2.05) is 66.7 Å². The third kappa shape index (κ3) is 6.20. The van der Waals surface area contributed by atoms with E-state index in [-0.39, 0.29) is 23.3 Å². The van der Waals surface area contributed by atoms with Gasteiger partial charge in [-0.2, -0.15) is 0 Å². The topological polar surface area (TPSA) is 85.3 Å². The summed E-state index contributed by atoms with van der Waals surface area (Å²) in [5.41, 5.74) is 2.81. The van der Waals surface area contributed by atoms with Gasteiger partial charge in [0.25, 0.3) is 11.7 Å². The molecule has 1 N–H and O–H groups in total. The number of aliphatic hydroxyl groups is 1. The first-order valence-corrected chi connectivity index (χ1v) is 13.4. The summed E-state index contributed by atoms with van der Waals surface area (Å²) in [5.74, 6) is -0.662. The van der Waals surface area contributed by atoms with Gasteiger partial charge >= 0.3 is 0 Å². The fraction of sp³-hybridized carbons (Fsp3) is 0.333. The molecule has 4 rings (SSSR count). The maximum Gasteiger partial charge on any atom is 0.295 e. The van der Waals surface area contributed by atoms with Crippen molar-refractivity contribution in [1.29, 1.82) is 0 Å². The Labute approximate surface area is 236 Å². The second-order valence-corrected chi connectivity index (χ2v) is 10.9. The van der Waals surface area contributed by atoms with Crippen molar-refractivity contribution in [1.82, 2.24) is 4.90 Å². The number of Topliss-reactive ketones (excluding diaryl/α,β-unsaturated/α-hetero) is 1. The first-order valence-electron chi connectivity index (χ1n) is 13.4. The molecule has 0 spiro atoms. The lowest BCUT2D eigenvalue weighted by atomic mass is 9.85. The van der Waals surface area contributed by atoms with E-state index in [1.165, 1.54) is 12.0 Å². The number of methoxy groups -OCH3 is 2. The molecule has 0 aliphatic carbocycles. The molecule has 0 aromatic heterocycles. The van der Waals surface area contributed by atoms with Gasteiger partial charge in [-0.25, -0.2) is 0 Å². The quantitative estimate of drug-likeness (QED) is 0.145. The van der Waals surface area contributed by atoms with E-state index < -0.39 is 17.7 Å². The smallest absolute Gasteiger partial charge is 0.295 e. The predicted octanol–water partition coefficient (Wildman–Crippen LogP) is 6.03. The van der Waals surface area contributed by atoms with E-state index in [2.05, 4.69) is 20.8 Å². The van der Waals surface area contributed by atoms with E-state index in [1.54, 1.807) is 13.2 Å². The van der Waals surface area contributed by atoms with Crippen LogP contribution in [-0.4, -0.2) is 49.1 Å². The van der Waals surface area contributed by atoms with E-state index in [0.29, 0.717) is 42.3 Å². The number of nitrogens with zero attached hydrogens (tertiary/aromatic N) is 1. The highest BCUT2D eigenvalue weighted by molar-refractivity contribution is 6.46. The molecule has 7 heteroatoms. The summed E-state index contributed by atoms with van der Waals surface area (Å²) in [6.07, 6.45) is 0.535. The van der Waals surface area contributed by atoms with Crippen molar-refractivity contribution in [2.75, 3.05) is 27.4 Å². The van der Waals surface area contributed by atoms with Crippen molar-refractivity contribution in [3.05, 3.63) is 101 Å². The molecule has 1 heterocycles. The Morgan fingerprint density at radius 3 is 2.38 bits per heavy atom. The highest BCUT2D eigenvalue weighted by Crippen LogP contribution is 2.42. The zero-order valence-electron chi connectivity index (χ0n) is 23.8. The van der Waals surface area contributed by atoms with Crippen LogP contribution >= 0.6 is 0 Å². The number of hydrogen-bond acceptors (Lipinski definition) is 6. The Morgan fingerprint density at radius 1 is 0.950 bits per heavy atom. The molecule has 1 saturated heterocycles. The van der Waals surface area contributed by atoms with Crippen molar-refractivity contribution in [2.24, 2.45) is 0 Å². The molecule has 1 aliphatic rings. The zero-order chi connectivity index (χ0) is 28.9. The largest absolute Gasteiger partial charge is 0.507 e. The molecule has 3 aromatic rings. The molecule has 1 unspecified atom stereocenters. The number of ether oxygens (including phenoxy) is 3. The predicted molar refractivity (Wildman–Crippen MR) is 154 cm³/mol. The molecule has 40 heavy (non-hydrogen) atoms. The van der Waals surface area contributed by atoms with Crippen LogP contribution in [0.15, 0.2) is 78.4 Å². The number of carbonyl (C=O) groups is 2. The second-order valence-electron chi connectivity index (χ2n) is 10.9. The molecule has 210 valence electrons. The van der Waals surface area contributed by atoms with Crippen LogP contribution in [0.1, 0.15) is 55.5 Å². The van der Waals surface area contributed by atoms with Crippen LogP contribution in [0.2, 0.25) is 0 Å². The monoisotopic (exact) mass is 543 g/mol. The number of carbonyl (C=O) groups excluding carboxylic acids is 2. The third-order valence-corrected chi connectivity index (χ3v) is 7.03. The van der Waals surface area contributed by atoms with Gasteiger partial charge in [-0.1, -0.05) is 69.3 Å². The van der Waals surface area contributed by atoms with Crippen LogP contribution in [0.25, 0.3) is 5.76 Å². The lowest BCUT2D eigenvalue weighted by Crippen LogP contribution is -2.31. The van der Waals surface area contributed by atoms with Crippen LogP contribution in [-0.2, 0) is 26.3 Å². The van der Waals surface area contributed by atoms with E-state index in [0.717, 1.165) is 11.1 Å². The Morgan fingerprint density at radius 2 is 1.70 bits per heavy atom. The molecule has 3 aromatic carbocycles. The summed E-state index contributed by atoms with van der Waals surface area (Å²) in [6.45, 7) is 7.28. The van der Waals surface area contributed by atoms with E-state index in [4.69, 9.17) is 14.2 Å². The Bertz CT molecular complexity index is 1390. The minimum Gasteiger partial charge on any atom is -0.507 e. The fourth-order valence-electron chi connectivity index (χ4n) is 4.86. The third-order valence-electron chi connectivity index (χ3n) is 7.03. The highest BCUT2D eigenvalue weighted by Gasteiger charge is 2.46. The first-order chi connectivity index (χ1) is 19.2. The summed E-state index contributed by atoms with van der Waals surface area (Å²) in [5, 5.41) is 11.7. The van der Waals surface area contributed by atoms with Crippen LogP contribution in [0.4, 0.5) is 0 Å². The lowest BCUT2D eigenvalue weighted by molar-refractivity contribution is -0.140. The molecule has 1 amide bonds. The number of amides is 1. The minimum absolute atomic E-state index is 0.0204. The zero-order valence-corrected chi connectivity index (χ0v) is 23.8. The standard InChI is InChI=1S/C33H37NO6/c1-33(2,3)24-15-16-27(39-5)26(20-24)30(35)28-29(34(17-10-18-38-4)32(37)31(28)36)23-13-9-14-25(19-23)40-21-22-11-7-6-8-12-22/h6-9,11-16,19-20,29,35H,10,17-18,21H2,1-5H3/b30-28+. The van der Waals surface area contributed by atoms with Gasteiger partial charge in [0.15, 0.2) is 0 Å². The van der Waals surface area contributed by atoms with Crippen LogP contribution in [0.3, 0.4) is 0 Å². The summed E-state index contributed by atoms with van der Waals surface area (Å²) < 4.78 is 16.8. The molecular weight excluding hydrogens is 506 g/mol.